The second kappa shape index (κ2) is 12.4. The summed E-state index contributed by atoms with van der Waals surface area (Å²) in [4.78, 5) is 14.0. The molecule has 9 nitrogen and oxygen atoms in total. The van der Waals surface area contributed by atoms with Crippen LogP contribution in [0.15, 0.2) is 77.9 Å². The number of hydrogen-bond donors (Lipinski definition) is 1. The summed E-state index contributed by atoms with van der Waals surface area (Å²) in [5.74, 6) is 2.12. The van der Waals surface area contributed by atoms with Gasteiger partial charge in [-0.3, -0.25) is 4.79 Å². The number of methoxy groups -OCH3 is 1. The van der Waals surface area contributed by atoms with Crippen LogP contribution in [0.3, 0.4) is 0 Å². The van der Waals surface area contributed by atoms with Crippen LogP contribution in [0.2, 0.25) is 0 Å². The van der Waals surface area contributed by atoms with Crippen LogP contribution in [-0.4, -0.2) is 46.0 Å². The van der Waals surface area contributed by atoms with Gasteiger partial charge >= 0.3 is 0 Å². The van der Waals surface area contributed by atoms with E-state index in [-0.39, 0.29) is 5.91 Å². The average molecular weight is 499 g/mol. The summed E-state index contributed by atoms with van der Waals surface area (Å²) in [6, 6.07) is 22.4. The Balaban J connectivity index is 1.31. The van der Waals surface area contributed by atoms with E-state index in [0.29, 0.717) is 42.0 Å². The van der Waals surface area contributed by atoms with Gasteiger partial charge in [-0.2, -0.15) is 9.90 Å². The van der Waals surface area contributed by atoms with Gasteiger partial charge in [0.25, 0.3) is 5.91 Å². The van der Waals surface area contributed by atoms with E-state index >= 15 is 0 Å². The number of ether oxygens (including phenoxy) is 2. The number of carbonyl (C=O) groups is 1. The largest absolute Gasteiger partial charge is 0.493 e. The van der Waals surface area contributed by atoms with Gasteiger partial charge in [0.1, 0.15) is 0 Å². The van der Waals surface area contributed by atoms with Gasteiger partial charge in [-0.1, -0.05) is 56.3 Å². The molecular weight excluding hydrogens is 468 g/mol. The number of rotatable bonds is 11. The molecule has 37 heavy (non-hydrogen) atoms. The van der Waals surface area contributed by atoms with Gasteiger partial charge in [0, 0.05) is 11.1 Å². The van der Waals surface area contributed by atoms with Gasteiger partial charge in [0.15, 0.2) is 11.5 Å². The molecule has 4 rings (SSSR count). The predicted molar refractivity (Wildman–Crippen MR) is 142 cm³/mol. The summed E-state index contributed by atoms with van der Waals surface area (Å²) in [5.41, 5.74) is 5.67. The Morgan fingerprint density at radius 3 is 2.57 bits per heavy atom. The number of hydrazone groups is 1. The lowest BCUT2D eigenvalue weighted by Crippen LogP contribution is -2.17. The number of aromatic nitrogens is 4. The maximum Gasteiger partial charge on any atom is 0.271 e. The standard InChI is InChI=1S/C28H30N6O3/c1-20(2)15-16-37-25-14-11-22(17-26(25)36-3)18-29-31-28(35)24-12-9-21(10-13-24)19-34-32-27(30-33-34)23-7-5-4-6-8-23/h4-14,17-18,20H,15-16,19H2,1-3H3,(H,31,35)/b29-18+. The van der Waals surface area contributed by atoms with E-state index in [2.05, 4.69) is 39.8 Å². The quantitative estimate of drug-likeness (QED) is 0.240. The van der Waals surface area contributed by atoms with Crippen molar-refractivity contribution in [3.8, 4) is 22.9 Å². The summed E-state index contributed by atoms with van der Waals surface area (Å²) >= 11 is 0. The molecule has 3 aromatic carbocycles. The minimum atomic E-state index is -0.311. The van der Waals surface area contributed by atoms with Crippen molar-refractivity contribution in [1.82, 2.24) is 25.6 Å². The van der Waals surface area contributed by atoms with Gasteiger partial charge < -0.3 is 9.47 Å². The third-order valence-corrected chi connectivity index (χ3v) is 5.55. The fraction of sp³-hybridized carbons (Fsp3) is 0.250. The van der Waals surface area contributed by atoms with E-state index in [1.807, 2.05) is 60.7 Å². The fourth-order valence-corrected chi connectivity index (χ4v) is 3.46. The van der Waals surface area contributed by atoms with Crippen molar-refractivity contribution in [3.63, 3.8) is 0 Å². The van der Waals surface area contributed by atoms with E-state index in [1.165, 1.54) is 4.80 Å². The monoisotopic (exact) mass is 498 g/mol. The molecule has 0 aliphatic heterocycles. The Labute approximate surface area is 216 Å². The third kappa shape index (κ3) is 7.23. The lowest BCUT2D eigenvalue weighted by atomic mass is 10.1. The van der Waals surface area contributed by atoms with E-state index in [4.69, 9.17) is 9.47 Å². The highest BCUT2D eigenvalue weighted by atomic mass is 16.5. The molecule has 0 aliphatic carbocycles. The van der Waals surface area contributed by atoms with Crippen molar-refractivity contribution in [2.24, 2.45) is 11.0 Å². The Morgan fingerprint density at radius 1 is 1.05 bits per heavy atom. The SMILES string of the molecule is COc1cc(/C=N/NC(=O)c2ccc(Cn3nnc(-c4ccccc4)n3)cc2)ccc1OCCC(C)C. The number of nitrogens with zero attached hydrogens (tertiary/aromatic N) is 5. The summed E-state index contributed by atoms with van der Waals surface area (Å²) in [6.07, 6.45) is 2.53. The molecule has 1 aromatic heterocycles. The summed E-state index contributed by atoms with van der Waals surface area (Å²) in [5, 5.41) is 16.7. The molecule has 0 saturated heterocycles. The number of amides is 1. The van der Waals surface area contributed by atoms with Crippen LogP contribution in [-0.2, 0) is 6.54 Å². The summed E-state index contributed by atoms with van der Waals surface area (Å²) in [6.45, 7) is 5.38. The van der Waals surface area contributed by atoms with Crippen LogP contribution >= 0.6 is 0 Å². The Bertz CT molecular complexity index is 1330. The van der Waals surface area contributed by atoms with Crippen molar-refractivity contribution in [1.29, 1.82) is 0 Å². The van der Waals surface area contributed by atoms with Crippen molar-refractivity contribution in [2.75, 3.05) is 13.7 Å². The van der Waals surface area contributed by atoms with Crippen molar-refractivity contribution in [2.45, 2.75) is 26.8 Å². The van der Waals surface area contributed by atoms with Crippen LogP contribution in [0, 0.1) is 5.92 Å². The van der Waals surface area contributed by atoms with Crippen molar-refractivity contribution in [3.05, 3.63) is 89.5 Å². The second-order valence-electron chi connectivity index (χ2n) is 8.85. The van der Waals surface area contributed by atoms with E-state index in [1.54, 1.807) is 25.5 Å². The number of nitrogens with one attached hydrogen (secondary N) is 1. The first-order valence-electron chi connectivity index (χ1n) is 12.1. The first kappa shape index (κ1) is 25.6. The van der Waals surface area contributed by atoms with Gasteiger partial charge in [0.2, 0.25) is 5.82 Å². The van der Waals surface area contributed by atoms with E-state index in [9.17, 15) is 4.79 Å². The molecule has 0 fully saturated rings. The maximum atomic E-state index is 12.5. The van der Waals surface area contributed by atoms with Crippen LogP contribution in [0.25, 0.3) is 11.4 Å². The van der Waals surface area contributed by atoms with Gasteiger partial charge in [-0.25, -0.2) is 5.43 Å². The van der Waals surface area contributed by atoms with E-state index in [0.717, 1.165) is 23.1 Å². The topological polar surface area (TPSA) is 104 Å². The van der Waals surface area contributed by atoms with Crippen LogP contribution in [0.1, 0.15) is 41.8 Å². The first-order valence-corrected chi connectivity index (χ1v) is 12.1. The molecule has 1 heterocycles. The highest BCUT2D eigenvalue weighted by molar-refractivity contribution is 5.95. The Kier molecular flexibility index (Phi) is 8.59. The first-order chi connectivity index (χ1) is 18.0. The highest BCUT2D eigenvalue weighted by Crippen LogP contribution is 2.28. The number of tetrazole rings is 1. The number of benzene rings is 3. The third-order valence-electron chi connectivity index (χ3n) is 5.55. The minimum Gasteiger partial charge on any atom is -0.493 e. The molecule has 190 valence electrons. The zero-order valence-electron chi connectivity index (χ0n) is 21.2. The second-order valence-corrected chi connectivity index (χ2v) is 8.85. The van der Waals surface area contributed by atoms with Crippen LogP contribution in [0.5, 0.6) is 11.5 Å². The number of hydrogen-bond acceptors (Lipinski definition) is 7. The molecule has 1 amide bonds. The zero-order chi connectivity index (χ0) is 26.0. The zero-order valence-corrected chi connectivity index (χ0v) is 21.2. The maximum absolute atomic E-state index is 12.5. The van der Waals surface area contributed by atoms with Gasteiger partial charge in [-0.05, 0) is 59.0 Å². The van der Waals surface area contributed by atoms with E-state index < -0.39 is 0 Å². The average Bonchev–Trinajstić information content (AvgIpc) is 3.38. The molecule has 1 N–H and O–H groups in total. The van der Waals surface area contributed by atoms with Crippen molar-refractivity contribution >= 4 is 12.1 Å². The molecule has 0 bridgehead atoms. The fourth-order valence-electron chi connectivity index (χ4n) is 3.46. The van der Waals surface area contributed by atoms with Gasteiger partial charge in [-0.15, -0.1) is 10.2 Å². The molecule has 0 unspecified atom stereocenters. The number of carbonyl (C=O) groups excluding carboxylic acids is 1. The molecule has 0 atom stereocenters. The lowest BCUT2D eigenvalue weighted by molar-refractivity contribution is 0.0955. The Morgan fingerprint density at radius 2 is 1.84 bits per heavy atom. The smallest absolute Gasteiger partial charge is 0.271 e. The highest BCUT2D eigenvalue weighted by Gasteiger charge is 2.09. The summed E-state index contributed by atoms with van der Waals surface area (Å²) < 4.78 is 11.2. The molecule has 9 heteroatoms. The normalized spacial score (nSPS) is 11.1. The molecule has 0 spiro atoms. The summed E-state index contributed by atoms with van der Waals surface area (Å²) in [7, 11) is 1.60. The minimum absolute atomic E-state index is 0.311. The van der Waals surface area contributed by atoms with Crippen LogP contribution in [0.4, 0.5) is 0 Å². The predicted octanol–water partition coefficient (Wildman–Crippen LogP) is 4.59. The lowest BCUT2D eigenvalue weighted by Gasteiger charge is -2.12. The van der Waals surface area contributed by atoms with Crippen molar-refractivity contribution < 1.29 is 14.3 Å². The van der Waals surface area contributed by atoms with Gasteiger partial charge in [0.05, 0.1) is 26.5 Å². The molecular formula is C28H30N6O3. The molecule has 0 radical (unpaired) electrons. The Hall–Kier alpha value is -4.53. The molecule has 4 aromatic rings. The molecule has 0 saturated carbocycles. The van der Waals surface area contributed by atoms with Crippen LogP contribution < -0.4 is 14.9 Å². The molecule has 0 aliphatic rings.